The molecule has 0 spiro atoms. The van der Waals surface area contributed by atoms with Gasteiger partial charge in [0.05, 0.1) is 71.7 Å². The number of rotatable bonds is 34. The first-order chi connectivity index (χ1) is 34.0. The van der Waals surface area contributed by atoms with Crippen molar-refractivity contribution in [2.45, 2.75) is 234 Å². The fourth-order valence-corrected chi connectivity index (χ4v) is 17.8. The summed E-state index contributed by atoms with van der Waals surface area (Å²) < 4.78 is 23.9. The Morgan fingerprint density at radius 1 is 0.420 bits per heavy atom. The molecular weight excluding hydrogens is 945 g/mol. The molecule has 0 saturated carbocycles. The lowest BCUT2D eigenvalue weighted by Gasteiger charge is -2.20. The monoisotopic (exact) mass is 1030 g/mol. The summed E-state index contributed by atoms with van der Waals surface area (Å²) in [5, 5.41) is 2.52. The number of aromatic nitrogens is 4. The molecule has 8 aromatic rings. The fourth-order valence-electron chi connectivity index (χ4n) is 11.6. The van der Waals surface area contributed by atoms with Crippen LogP contribution in [0, 0.1) is 11.8 Å². The smallest absolute Gasteiger partial charge is 0.160 e. The van der Waals surface area contributed by atoms with Gasteiger partial charge in [-0.05, 0) is 61.5 Å². The Balaban J connectivity index is 1.30. The van der Waals surface area contributed by atoms with E-state index in [1.165, 1.54) is 225 Å². The molecule has 0 fully saturated rings. The second-order valence-corrected chi connectivity index (χ2v) is 25.3. The van der Waals surface area contributed by atoms with Crippen molar-refractivity contribution in [1.82, 2.24) is 17.9 Å². The van der Waals surface area contributed by atoms with Crippen LogP contribution in [0.2, 0.25) is 0 Å². The lowest BCUT2D eigenvalue weighted by molar-refractivity contribution is 0.111. The summed E-state index contributed by atoms with van der Waals surface area (Å²) in [5.41, 5.74) is 9.88. The van der Waals surface area contributed by atoms with Gasteiger partial charge in [-0.3, -0.25) is 9.59 Å². The summed E-state index contributed by atoms with van der Waals surface area (Å²) in [6.07, 6.45) is 37.1. The van der Waals surface area contributed by atoms with Crippen LogP contribution in [0.1, 0.15) is 239 Å². The van der Waals surface area contributed by atoms with E-state index in [2.05, 4.69) is 50.7 Å². The Morgan fingerprint density at radius 3 is 1.13 bits per heavy atom. The molecule has 0 bridgehead atoms. The quantitative estimate of drug-likeness (QED) is 0.0298. The van der Waals surface area contributed by atoms with E-state index in [-0.39, 0.29) is 0 Å². The molecule has 0 aliphatic heterocycles. The average Bonchev–Trinajstić information content (AvgIpc) is 4.24. The lowest BCUT2D eigenvalue weighted by atomic mass is 9.99. The molecule has 376 valence electrons. The Hall–Kier alpha value is -2.70. The number of aldehydes is 2. The van der Waals surface area contributed by atoms with E-state index in [0.717, 1.165) is 85.0 Å². The van der Waals surface area contributed by atoms with Gasteiger partial charge in [-0.1, -0.05) is 183 Å². The number of thiophene rings is 4. The minimum Gasteiger partial charge on any atom is -0.337 e. The molecule has 0 aliphatic rings. The Morgan fingerprint density at radius 2 is 0.783 bits per heavy atom. The molecule has 0 radical (unpaired) electrons. The first-order valence-corrected chi connectivity index (χ1v) is 31.9. The van der Waals surface area contributed by atoms with Crippen molar-refractivity contribution < 1.29 is 9.59 Å². The highest BCUT2D eigenvalue weighted by atomic mass is 32.1. The number of hydrogen-bond acceptors (Lipinski definition) is 9. The summed E-state index contributed by atoms with van der Waals surface area (Å²) in [5.74, 6) is 1.07. The van der Waals surface area contributed by atoms with Gasteiger partial charge in [-0.2, -0.15) is 8.75 Å². The Bertz CT molecular complexity index is 2720. The summed E-state index contributed by atoms with van der Waals surface area (Å²) in [7, 11) is 0. The summed E-state index contributed by atoms with van der Waals surface area (Å²) >= 11 is 8.71. The van der Waals surface area contributed by atoms with Crippen LogP contribution < -0.4 is 0 Å². The van der Waals surface area contributed by atoms with E-state index in [9.17, 15) is 9.59 Å². The molecule has 8 rings (SSSR count). The predicted octanol–water partition coefficient (Wildman–Crippen LogP) is 20.7. The molecule has 6 nitrogen and oxygen atoms in total. The van der Waals surface area contributed by atoms with Gasteiger partial charge >= 0.3 is 0 Å². The highest BCUT2D eigenvalue weighted by Crippen LogP contribution is 2.54. The molecule has 69 heavy (non-hydrogen) atoms. The third-order valence-corrected chi connectivity index (χ3v) is 21.3. The van der Waals surface area contributed by atoms with E-state index in [0.29, 0.717) is 11.8 Å². The van der Waals surface area contributed by atoms with E-state index >= 15 is 0 Å². The van der Waals surface area contributed by atoms with Crippen molar-refractivity contribution >= 4 is 142 Å². The third-order valence-electron chi connectivity index (χ3n) is 15.7. The highest BCUT2D eigenvalue weighted by Gasteiger charge is 2.32. The second kappa shape index (κ2) is 25.8. The van der Waals surface area contributed by atoms with Crippen molar-refractivity contribution in [1.29, 1.82) is 0 Å². The maximum atomic E-state index is 13.0. The number of hydrogen-bond donors (Lipinski definition) is 0. The Kier molecular flexibility index (Phi) is 19.7. The molecule has 0 N–H and O–H groups in total. The maximum absolute atomic E-state index is 13.0. The molecule has 1 aromatic carbocycles. The van der Waals surface area contributed by atoms with Gasteiger partial charge in [0.15, 0.2) is 12.6 Å². The van der Waals surface area contributed by atoms with Crippen molar-refractivity contribution in [3.05, 3.63) is 20.9 Å². The zero-order valence-corrected chi connectivity index (χ0v) is 47.3. The first kappa shape index (κ1) is 52.6. The van der Waals surface area contributed by atoms with Gasteiger partial charge in [0.25, 0.3) is 0 Å². The molecule has 0 amide bonds. The van der Waals surface area contributed by atoms with Gasteiger partial charge in [-0.15, -0.1) is 45.3 Å². The minimum atomic E-state index is 0.533. The third kappa shape index (κ3) is 11.1. The van der Waals surface area contributed by atoms with Crippen LogP contribution in [0.4, 0.5) is 0 Å². The number of aryl methyl sites for hydroxylation is 2. The van der Waals surface area contributed by atoms with Gasteiger partial charge in [0, 0.05) is 23.9 Å². The van der Waals surface area contributed by atoms with Crippen molar-refractivity contribution in [2.75, 3.05) is 0 Å². The van der Waals surface area contributed by atoms with Crippen LogP contribution >= 0.6 is 57.1 Å². The maximum Gasteiger partial charge on any atom is 0.160 e. The molecule has 0 aliphatic carbocycles. The number of benzene rings is 1. The number of fused-ring (bicyclic) bond motifs is 14. The van der Waals surface area contributed by atoms with Crippen molar-refractivity contribution in [2.24, 2.45) is 11.8 Å². The number of nitrogens with zero attached hydrogens (tertiary/aromatic N) is 4. The highest BCUT2D eigenvalue weighted by molar-refractivity contribution is 7.35. The molecule has 2 atom stereocenters. The summed E-state index contributed by atoms with van der Waals surface area (Å²) in [6, 6.07) is 0. The predicted molar refractivity (Wildman–Crippen MR) is 309 cm³/mol. The van der Waals surface area contributed by atoms with Gasteiger partial charge in [-0.25, -0.2) is 0 Å². The fraction of sp³-hybridized carbons (Fsp3) is 0.655. The van der Waals surface area contributed by atoms with Crippen LogP contribution in [0.3, 0.4) is 0 Å². The first-order valence-electron chi connectivity index (χ1n) is 27.9. The number of carbonyl (C=O) groups excluding carboxylic acids is 2. The van der Waals surface area contributed by atoms with Crippen LogP contribution in [-0.4, -0.2) is 30.5 Å². The largest absolute Gasteiger partial charge is 0.337 e. The van der Waals surface area contributed by atoms with Crippen LogP contribution in [-0.2, 0) is 25.9 Å². The zero-order valence-electron chi connectivity index (χ0n) is 43.2. The van der Waals surface area contributed by atoms with E-state index in [1.54, 1.807) is 22.7 Å². The lowest BCUT2D eigenvalue weighted by Crippen LogP contribution is -2.13. The summed E-state index contributed by atoms with van der Waals surface area (Å²) in [6.45, 7) is 15.9. The molecule has 11 heteroatoms. The second-order valence-electron chi connectivity index (χ2n) is 20.6. The Labute approximate surface area is 433 Å². The van der Waals surface area contributed by atoms with E-state index in [4.69, 9.17) is 8.75 Å². The standard InChI is InChI=1S/C58H82N4O2S5/c1-7-13-17-19-21-23-25-27-29-33-41-43(37-63)65-57-51-55(67-53(41)57)45-47-48(60-69-59-47)46-50(49(45)61(51)35-39(11-5)31-15-9-3)62(36-40(12-6)32-16-10-4)52-56(46)68-54-42(44(38-64)66-58(52)54)34-30-28-26-24-22-20-18-14-8-2/h37-40H,7-36H2,1-6H3. The van der Waals surface area contributed by atoms with Crippen LogP contribution in [0.5, 0.6) is 0 Å². The topological polar surface area (TPSA) is 69.8 Å². The van der Waals surface area contributed by atoms with Gasteiger partial charge in [0.2, 0.25) is 0 Å². The van der Waals surface area contributed by atoms with Gasteiger partial charge in [0.1, 0.15) is 11.0 Å². The molecule has 2 unspecified atom stereocenters. The van der Waals surface area contributed by atoms with E-state index < -0.39 is 0 Å². The molecular formula is C58H82N4O2S5. The van der Waals surface area contributed by atoms with Gasteiger partial charge < -0.3 is 9.13 Å². The summed E-state index contributed by atoms with van der Waals surface area (Å²) in [4.78, 5) is 27.8. The molecule has 7 aromatic heterocycles. The number of unbranched alkanes of at least 4 members (excludes halogenated alkanes) is 18. The minimum absolute atomic E-state index is 0.533. The van der Waals surface area contributed by atoms with Crippen LogP contribution in [0.25, 0.3) is 72.1 Å². The number of carbonyl (C=O) groups is 2. The molecule has 0 saturated heterocycles. The normalized spacial score (nSPS) is 13.4. The van der Waals surface area contributed by atoms with E-state index in [1.807, 2.05) is 22.7 Å². The van der Waals surface area contributed by atoms with Crippen LogP contribution in [0.15, 0.2) is 0 Å². The zero-order chi connectivity index (χ0) is 48.3. The van der Waals surface area contributed by atoms with Crippen molar-refractivity contribution in [3.63, 3.8) is 0 Å². The van der Waals surface area contributed by atoms with Crippen molar-refractivity contribution in [3.8, 4) is 0 Å². The molecule has 7 heterocycles. The average molecular weight is 1030 g/mol. The SMILES string of the molecule is CCCCCCCCCCCc1c(C=O)sc2c1sc1c3c4nsnc4c4c5sc6c(CCCCCCCCCCC)c(C=O)sc6c5n(CC(CC)CCCC)c4c3n(CC(CC)CCCC)c21.